The first-order valence-corrected chi connectivity index (χ1v) is 10.8. The van der Waals surface area contributed by atoms with Crippen molar-refractivity contribution >= 4 is 5.82 Å². The Hall–Kier alpha value is -3.00. The molecule has 8 heteroatoms. The van der Waals surface area contributed by atoms with E-state index in [9.17, 15) is 13.2 Å². The molecule has 0 amide bonds. The summed E-state index contributed by atoms with van der Waals surface area (Å²) in [7, 11) is 0. The van der Waals surface area contributed by atoms with Gasteiger partial charge in [0.15, 0.2) is 11.6 Å². The van der Waals surface area contributed by atoms with Crippen molar-refractivity contribution in [3.8, 4) is 11.3 Å². The van der Waals surface area contributed by atoms with Crippen molar-refractivity contribution in [2.24, 2.45) is 11.8 Å². The Labute approximate surface area is 184 Å². The zero-order valence-electron chi connectivity index (χ0n) is 17.7. The number of rotatable bonds is 5. The van der Waals surface area contributed by atoms with Crippen LogP contribution in [0.3, 0.4) is 0 Å². The van der Waals surface area contributed by atoms with E-state index in [0.29, 0.717) is 29.8 Å². The normalized spacial score (nSPS) is 22.8. The van der Waals surface area contributed by atoms with Gasteiger partial charge in [0.2, 0.25) is 0 Å². The van der Waals surface area contributed by atoms with Crippen LogP contribution in [0.1, 0.15) is 24.2 Å². The number of aryl methyl sites for hydroxylation is 1. The zero-order valence-corrected chi connectivity index (χ0v) is 17.7. The number of halogens is 3. The lowest BCUT2D eigenvalue weighted by Gasteiger charge is -2.19. The summed E-state index contributed by atoms with van der Waals surface area (Å²) < 4.78 is 40.9. The van der Waals surface area contributed by atoms with Crippen LogP contribution in [-0.2, 0) is 6.54 Å². The minimum absolute atomic E-state index is 0.0927. The summed E-state index contributed by atoms with van der Waals surface area (Å²) in [6.07, 6.45) is 2.10. The average molecular weight is 439 g/mol. The second kappa shape index (κ2) is 8.50. The molecule has 1 aliphatic heterocycles. The second-order valence-corrected chi connectivity index (χ2v) is 8.85. The molecule has 3 heterocycles. The molecule has 166 valence electrons. The molecule has 3 aromatic rings. The van der Waals surface area contributed by atoms with Crippen molar-refractivity contribution in [2.75, 3.05) is 18.4 Å². The molecule has 1 saturated heterocycles. The summed E-state index contributed by atoms with van der Waals surface area (Å²) >= 11 is 0. The molecule has 1 aromatic carbocycles. The van der Waals surface area contributed by atoms with Crippen LogP contribution in [0.5, 0.6) is 0 Å². The van der Waals surface area contributed by atoms with Gasteiger partial charge in [-0.3, -0.25) is 9.88 Å². The topological polar surface area (TPSA) is 53.9 Å². The maximum absolute atomic E-state index is 14.0. The highest BCUT2D eigenvalue weighted by atomic mass is 19.2. The molecule has 0 spiro atoms. The second-order valence-electron chi connectivity index (χ2n) is 8.85. The van der Waals surface area contributed by atoms with Gasteiger partial charge in [0.1, 0.15) is 11.6 Å². The van der Waals surface area contributed by atoms with Gasteiger partial charge in [0.25, 0.3) is 0 Å². The van der Waals surface area contributed by atoms with Crippen LogP contribution in [0.2, 0.25) is 0 Å². The summed E-state index contributed by atoms with van der Waals surface area (Å²) in [5, 5.41) is 11.5. The Bertz CT molecular complexity index is 1110. The van der Waals surface area contributed by atoms with Gasteiger partial charge < -0.3 is 5.32 Å². The number of fused-ring (bicyclic) bond motifs is 1. The Morgan fingerprint density at radius 2 is 1.78 bits per heavy atom. The highest BCUT2D eigenvalue weighted by Crippen LogP contribution is 2.39. The quantitative estimate of drug-likeness (QED) is 0.590. The fraction of sp³-hybridized carbons (Fsp3) is 0.375. The number of nitrogens with zero attached hydrogens (tertiary/aromatic N) is 4. The van der Waals surface area contributed by atoms with Crippen LogP contribution in [0.15, 0.2) is 42.5 Å². The summed E-state index contributed by atoms with van der Waals surface area (Å²) in [5.74, 6) is -1.38. The predicted octanol–water partition coefficient (Wildman–Crippen LogP) is 4.59. The van der Waals surface area contributed by atoms with E-state index in [0.717, 1.165) is 49.9 Å². The lowest BCUT2D eigenvalue weighted by Crippen LogP contribution is -2.25. The van der Waals surface area contributed by atoms with E-state index in [1.54, 1.807) is 6.07 Å². The zero-order chi connectivity index (χ0) is 22.2. The standard InChI is InChI=1S/C24H24F3N5/c1-14-3-2-4-18(28-14)13-32-11-15-7-19(8-16(15)12-32)29-23-6-5-22(30-31-23)20-9-17(25)10-21(26)24(20)27/h2-6,9-10,15-16,19H,7-8,11-13H2,1H3,(H,29,31)/t15-,16+,19?. The third kappa shape index (κ3) is 4.32. The molecule has 1 aliphatic carbocycles. The van der Waals surface area contributed by atoms with Crippen LogP contribution < -0.4 is 5.32 Å². The third-order valence-corrected chi connectivity index (χ3v) is 6.44. The Balaban J connectivity index is 1.18. The van der Waals surface area contributed by atoms with Crippen molar-refractivity contribution in [1.82, 2.24) is 20.1 Å². The van der Waals surface area contributed by atoms with Crippen LogP contribution in [0.25, 0.3) is 11.3 Å². The number of anilines is 1. The molecule has 1 saturated carbocycles. The van der Waals surface area contributed by atoms with Crippen molar-refractivity contribution < 1.29 is 13.2 Å². The number of likely N-dealkylation sites (tertiary alicyclic amines) is 1. The van der Waals surface area contributed by atoms with E-state index in [1.807, 2.05) is 13.0 Å². The third-order valence-electron chi connectivity index (χ3n) is 6.44. The lowest BCUT2D eigenvalue weighted by molar-refractivity contribution is 0.297. The number of hydrogen-bond donors (Lipinski definition) is 1. The monoisotopic (exact) mass is 439 g/mol. The first-order valence-electron chi connectivity index (χ1n) is 10.8. The van der Waals surface area contributed by atoms with Crippen molar-refractivity contribution in [3.63, 3.8) is 0 Å². The van der Waals surface area contributed by atoms with E-state index < -0.39 is 17.5 Å². The van der Waals surface area contributed by atoms with Crippen LogP contribution in [0.4, 0.5) is 19.0 Å². The molecule has 5 rings (SSSR count). The number of hydrogen-bond acceptors (Lipinski definition) is 5. The molecule has 2 aliphatic rings. The molecule has 2 fully saturated rings. The van der Waals surface area contributed by atoms with Crippen LogP contribution >= 0.6 is 0 Å². The Kier molecular flexibility index (Phi) is 5.55. The summed E-state index contributed by atoms with van der Waals surface area (Å²) in [6, 6.07) is 11.1. The molecular weight excluding hydrogens is 415 g/mol. The van der Waals surface area contributed by atoms with Gasteiger partial charge in [-0.2, -0.15) is 0 Å². The first-order chi connectivity index (χ1) is 15.4. The van der Waals surface area contributed by atoms with Gasteiger partial charge >= 0.3 is 0 Å². The SMILES string of the molecule is Cc1cccc(CN2C[C@H]3CC(Nc4ccc(-c5cc(F)cc(F)c5F)nn4)C[C@H]3C2)n1. The predicted molar refractivity (Wildman–Crippen MR) is 115 cm³/mol. The van der Waals surface area contributed by atoms with Crippen molar-refractivity contribution in [2.45, 2.75) is 32.4 Å². The van der Waals surface area contributed by atoms with Gasteiger partial charge in [-0.15, -0.1) is 10.2 Å². The van der Waals surface area contributed by atoms with Gasteiger partial charge in [-0.05, 0) is 61.9 Å². The van der Waals surface area contributed by atoms with Gasteiger partial charge in [0, 0.05) is 43.0 Å². The number of aromatic nitrogens is 3. The largest absolute Gasteiger partial charge is 0.366 e. The fourth-order valence-electron chi connectivity index (χ4n) is 5.07. The molecule has 1 N–H and O–H groups in total. The highest BCUT2D eigenvalue weighted by Gasteiger charge is 2.40. The molecule has 1 unspecified atom stereocenters. The van der Waals surface area contributed by atoms with Crippen molar-refractivity contribution in [3.05, 3.63) is 71.3 Å². The van der Waals surface area contributed by atoms with Crippen molar-refractivity contribution in [1.29, 1.82) is 0 Å². The van der Waals surface area contributed by atoms with Crippen LogP contribution in [0, 0.1) is 36.2 Å². The number of pyridine rings is 1. The highest BCUT2D eigenvalue weighted by molar-refractivity contribution is 5.60. The first kappa shape index (κ1) is 20.9. The molecular formula is C24H24F3N5. The molecule has 5 nitrogen and oxygen atoms in total. The lowest BCUT2D eigenvalue weighted by atomic mass is 10.0. The molecule has 2 aromatic heterocycles. The maximum Gasteiger partial charge on any atom is 0.168 e. The van der Waals surface area contributed by atoms with E-state index in [4.69, 9.17) is 0 Å². The van der Waals surface area contributed by atoms with E-state index in [-0.39, 0.29) is 11.3 Å². The Morgan fingerprint density at radius 3 is 2.47 bits per heavy atom. The average Bonchev–Trinajstić information content (AvgIpc) is 3.29. The Morgan fingerprint density at radius 1 is 1.00 bits per heavy atom. The van der Waals surface area contributed by atoms with Gasteiger partial charge in [-0.25, -0.2) is 13.2 Å². The molecule has 0 radical (unpaired) electrons. The molecule has 32 heavy (non-hydrogen) atoms. The van der Waals surface area contributed by atoms with Crippen LogP contribution in [-0.4, -0.2) is 39.2 Å². The summed E-state index contributed by atoms with van der Waals surface area (Å²) in [6.45, 7) is 5.03. The van der Waals surface area contributed by atoms with E-state index in [2.05, 4.69) is 37.5 Å². The van der Waals surface area contributed by atoms with E-state index >= 15 is 0 Å². The molecule has 0 bridgehead atoms. The van der Waals surface area contributed by atoms with E-state index in [1.165, 1.54) is 6.07 Å². The van der Waals surface area contributed by atoms with Gasteiger partial charge in [-0.1, -0.05) is 6.07 Å². The maximum atomic E-state index is 14.0. The molecule has 3 atom stereocenters. The number of nitrogens with one attached hydrogen (secondary N) is 1. The smallest absolute Gasteiger partial charge is 0.168 e. The van der Waals surface area contributed by atoms with Gasteiger partial charge in [0.05, 0.1) is 11.4 Å². The summed E-state index contributed by atoms with van der Waals surface area (Å²) in [5.41, 5.74) is 2.02. The minimum Gasteiger partial charge on any atom is -0.366 e. The number of benzene rings is 1. The minimum atomic E-state index is -1.24. The summed E-state index contributed by atoms with van der Waals surface area (Å²) in [4.78, 5) is 7.09. The fourth-order valence-corrected chi connectivity index (χ4v) is 5.07.